The highest BCUT2D eigenvalue weighted by Gasteiger charge is 2.30. The van der Waals surface area contributed by atoms with Crippen LogP contribution in [0, 0.1) is 0 Å². The Balaban J connectivity index is 1.64. The van der Waals surface area contributed by atoms with Gasteiger partial charge in [-0.15, -0.1) is 10.2 Å². The maximum Gasteiger partial charge on any atom is 0.242 e. The van der Waals surface area contributed by atoms with E-state index in [1.165, 1.54) is 11.8 Å². The van der Waals surface area contributed by atoms with Gasteiger partial charge in [0.15, 0.2) is 11.0 Å². The first-order chi connectivity index (χ1) is 12.6. The molecule has 0 bridgehead atoms. The lowest BCUT2D eigenvalue weighted by molar-refractivity contribution is -0.127. The van der Waals surface area contributed by atoms with E-state index in [1.807, 2.05) is 19.1 Å². The normalized spacial score (nSPS) is 14.7. The van der Waals surface area contributed by atoms with E-state index in [2.05, 4.69) is 30.4 Å². The van der Waals surface area contributed by atoms with Crippen LogP contribution in [0.5, 0.6) is 0 Å². The van der Waals surface area contributed by atoms with E-state index >= 15 is 0 Å². The fourth-order valence-corrected chi connectivity index (χ4v) is 3.36. The number of pyridine rings is 1. The van der Waals surface area contributed by atoms with Crippen molar-refractivity contribution in [3.63, 3.8) is 0 Å². The molecule has 9 heteroatoms. The Morgan fingerprint density at radius 3 is 2.69 bits per heavy atom. The highest BCUT2D eigenvalue weighted by atomic mass is 32.2. The number of aromatic nitrogens is 4. The maximum absolute atomic E-state index is 12.1. The Kier molecular flexibility index (Phi) is 5.87. The van der Waals surface area contributed by atoms with Crippen LogP contribution in [-0.2, 0) is 9.59 Å². The van der Waals surface area contributed by atoms with E-state index in [0.29, 0.717) is 12.6 Å². The van der Waals surface area contributed by atoms with Crippen LogP contribution < -0.4 is 10.6 Å². The van der Waals surface area contributed by atoms with Crippen molar-refractivity contribution in [3.8, 4) is 11.4 Å². The minimum atomic E-state index is -0.559. The lowest BCUT2D eigenvalue weighted by atomic mass is 10.2. The number of hydrogen-bond acceptors (Lipinski definition) is 6. The minimum Gasteiger partial charge on any atom is -0.355 e. The number of likely N-dealkylation sites (N-methyl/N-ethyl adjacent to an activating group) is 1. The van der Waals surface area contributed by atoms with Crippen LogP contribution in [0.2, 0.25) is 0 Å². The zero-order chi connectivity index (χ0) is 18.5. The summed E-state index contributed by atoms with van der Waals surface area (Å²) in [6.07, 6.45) is 5.63. The standard InChI is InChI=1S/C17H22N6O2S/c1-3-19-16(25)11(2)20-14(24)10-26-17-22-21-15(23(17)13-4-5-13)12-6-8-18-9-7-12/h6-9,11,13H,3-5,10H2,1-2H3,(H,19,25)(H,20,24)/t11-/m1/s1. The van der Waals surface area contributed by atoms with E-state index < -0.39 is 6.04 Å². The summed E-state index contributed by atoms with van der Waals surface area (Å²) in [5, 5.41) is 14.7. The molecule has 2 heterocycles. The van der Waals surface area contributed by atoms with Gasteiger partial charge in [0.1, 0.15) is 6.04 Å². The summed E-state index contributed by atoms with van der Waals surface area (Å²) in [6, 6.07) is 3.63. The van der Waals surface area contributed by atoms with Gasteiger partial charge in [-0.1, -0.05) is 11.8 Å². The van der Waals surface area contributed by atoms with Gasteiger partial charge in [-0.25, -0.2) is 0 Å². The quantitative estimate of drug-likeness (QED) is 0.678. The molecule has 2 aromatic rings. The first-order valence-electron chi connectivity index (χ1n) is 8.65. The third kappa shape index (κ3) is 4.40. The van der Waals surface area contributed by atoms with E-state index in [0.717, 1.165) is 29.4 Å². The molecular weight excluding hydrogens is 352 g/mol. The second-order valence-electron chi connectivity index (χ2n) is 6.12. The molecule has 1 atom stereocenters. The molecule has 0 aliphatic heterocycles. The monoisotopic (exact) mass is 374 g/mol. The number of rotatable bonds is 8. The fraction of sp³-hybridized carbons (Fsp3) is 0.471. The zero-order valence-electron chi connectivity index (χ0n) is 14.8. The van der Waals surface area contributed by atoms with Crippen LogP contribution in [-0.4, -0.2) is 49.9 Å². The van der Waals surface area contributed by atoms with Crippen LogP contribution in [0.3, 0.4) is 0 Å². The molecule has 3 rings (SSSR count). The molecule has 0 radical (unpaired) electrons. The summed E-state index contributed by atoms with van der Waals surface area (Å²) in [5.41, 5.74) is 0.959. The molecule has 2 N–H and O–H groups in total. The van der Waals surface area contributed by atoms with Gasteiger partial charge in [-0.2, -0.15) is 0 Å². The van der Waals surface area contributed by atoms with E-state index in [1.54, 1.807) is 19.3 Å². The van der Waals surface area contributed by atoms with Gasteiger partial charge in [0, 0.05) is 30.5 Å². The SMILES string of the molecule is CCNC(=O)[C@@H](C)NC(=O)CSc1nnc(-c2ccncc2)n1C1CC1. The minimum absolute atomic E-state index is 0.185. The Bertz CT molecular complexity index is 775. The zero-order valence-corrected chi connectivity index (χ0v) is 15.6. The third-order valence-electron chi connectivity index (χ3n) is 3.97. The van der Waals surface area contributed by atoms with E-state index in [-0.39, 0.29) is 17.6 Å². The van der Waals surface area contributed by atoms with Crippen molar-refractivity contribution in [1.82, 2.24) is 30.4 Å². The van der Waals surface area contributed by atoms with Gasteiger partial charge in [-0.3, -0.25) is 19.1 Å². The second kappa shape index (κ2) is 8.31. The van der Waals surface area contributed by atoms with E-state index in [4.69, 9.17) is 0 Å². The van der Waals surface area contributed by atoms with E-state index in [9.17, 15) is 9.59 Å². The van der Waals surface area contributed by atoms with Crippen molar-refractivity contribution >= 4 is 23.6 Å². The average molecular weight is 374 g/mol. The summed E-state index contributed by atoms with van der Waals surface area (Å²) >= 11 is 1.34. The predicted molar refractivity (Wildman–Crippen MR) is 98.5 cm³/mol. The highest BCUT2D eigenvalue weighted by molar-refractivity contribution is 7.99. The molecule has 2 aromatic heterocycles. The number of thioether (sulfide) groups is 1. The van der Waals surface area contributed by atoms with Gasteiger partial charge < -0.3 is 10.6 Å². The summed E-state index contributed by atoms with van der Waals surface area (Å²) in [7, 11) is 0. The number of carbonyl (C=O) groups is 2. The van der Waals surface area contributed by atoms with Crippen molar-refractivity contribution in [2.75, 3.05) is 12.3 Å². The Morgan fingerprint density at radius 1 is 1.31 bits per heavy atom. The molecule has 1 aliphatic carbocycles. The lowest BCUT2D eigenvalue weighted by Crippen LogP contribution is -2.45. The van der Waals surface area contributed by atoms with Crippen LogP contribution in [0.25, 0.3) is 11.4 Å². The molecule has 8 nitrogen and oxygen atoms in total. The van der Waals surface area contributed by atoms with Crippen LogP contribution in [0.15, 0.2) is 29.7 Å². The number of amides is 2. The van der Waals surface area contributed by atoms with Gasteiger partial charge in [-0.05, 0) is 38.8 Å². The molecule has 0 spiro atoms. The predicted octanol–water partition coefficient (Wildman–Crippen LogP) is 1.41. The molecule has 26 heavy (non-hydrogen) atoms. The van der Waals surface area contributed by atoms with Gasteiger partial charge in [0.25, 0.3) is 0 Å². The third-order valence-corrected chi connectivity index (χ3v) is 4.91. The fourth-order valence-electron chi connectivity index (χ4n) is 2.54. The van der Waals surface area contributed by atoms with Gasteiger partial charge in [0.05, 0.1) is 5.75 Å². The Hall–Kier alpha value is -2.42. The molecule has 1 fully saturated rings. The number of carbonyl (C=O) groups excluding carboxylic acids is 2. The van der Waals surface area contributed by atoms with Crippen LogP contribution in [0.4, 0.5) is 0 Å². The summed E-state index contributed by atoms with van der Waals surface area (Å²) in [4.78, 5) is 27.9. The Labute approximate surface area is 156 Å². The lowest BCUT2D eigenvalue weighted by Gasteiger charge is -2.13. The topological polar surface area (TPSA) is 102 Å². The summed E-state index contributed by atoms with van der Waals surface area (Å²) in [6.45, 7) is 4.05. The van der Waals surface area contributed by atoms with Crippen molar-refractivity contribution < 1.29 is 9.59 Å². The maximum atomic E-state index is 12.1. The van der Waals surface area contributed by atoms with Crippen LogP contribution in [0.1, 0.15) is 32.7 Å². The molecule has 2 amide bonds. The van der Waals surface area contributed by atoms with Crippen molar-refractivity contribution in [2.45, 2.75) is 43.9 Å². The largest absolute Gasteiger partial charge is 0.355 e. The van der Waals surface area contributed by atoms with Gasteiger partial charge >= 0.3 is 0 Å². The molecule has 138 valence electrons. The summed E-state index contributed by atoms with van der Waals surface area (Å²) in [5.74, 6) is 0.593. The molecule has 0 unspecified atom stereocenters. The van der Waals surface area contributed by atoms with Crippen LogP contribution >= 0.6 is 11.8 Å². The number of nitrogens with one attached hydrogen (secondary N) is 2. The average Bonchev–Trinajstić information content (AvgIpc) is 3.40. The molecule has 1 aliphatic rings. The highest BCUT2D eigenvalue weighted by Crippen LogP contribution is 2.40. The molecule has 0 aromatic carbocycles. The van der Waals surface area contributed by atoms with Gasteiger partial charge in [0.2, 0.25) is 11.8 Å². The first-order valence-corrected chi connectivity index (χ1v) is 9.64. The Morgan fingerprint density at radius 2 is 2.04 bits per heavy atom. The molecule has 1 saturated carbocycles. The molecular formula is C17H22N6O2S. The van der Waals surface area contributed by atoms with Crippen molar-refractivity contribution in [2.24, 2.45) is 0 Å². The first kappa shape index (κ1) is 18.4. The van der Waals surface area contributed by atoms with Crippen molar-refractivity contribution in [1.29, 1.82) is 0 Å². The summed E-state index contributed by atoms with van der Waals surface area (Å²) < 4.78 is 2.10. The second-order valence-corrected chi connectivity index (χ2v) is 7.06. The number of nitrogens with zero attached hydrogens (tertiary/aromatic N) is 4. The smallest absolute Gasteiger partial charge is 0.242 e. The number of hydrogen-bond donors (Lipinski definition) is 2. The molecule has 0 saturated heterocycles. The van der Waals surface area contributed by atoms with Crippen molar-refractivity contribution in [3.05, 3.63) is 24.5 Å².